The van der Waals surface area contributed by atoms with Crippen molar-refractivity contribution in [2.24, 2.45) is 0 Å². The van der Waals surface area contributed by atoms with Gasteiger partial charge >= 0.3 is 0 Å². The van der Waals surface area contributed by atoms with Gasteiger partial charge in [-0.05, 0) is 45.2 Å². The summed E-state index contributed by atoms with van der Waals surface area (Å²) in [4.78, 5) is 10.9. The van der Waals surface area contributed by atoms with Gasteiger partial charge in [0, 0.05) is 18.9 Å². The van der Waals surface area contributed by atoms with Crippen LogP contribution in [0.4, 0.5) is 5.95 Å². The number of halogens is 1. The molecule has 0 saturated carbocycles. The summed E-state index contributed by atoms with van der Waals surface area (Å²) in [5.41, 5.74) is 1.23. The first-order valence-corrected chi connectivity index (χ1v) is 7.86. The molecule has 0 bridgehead atoms. The molecular formula is C13H14BrN3OS. The summed E-state index contributed by atoms with van der Waals surface area (Å²) in [5, 5.41) is 4.22. The van der Waals surface area contributed by atoms with E-state index in [9.17, 15) is 0 Å². The minimum Gasteiger partial charge on any atom is -0.367 e. The van der Waals surface area contributed by atoms with Crippen LogP contribution in [0.15, 0.2) is 33.7 Å². The highest BCUT2D eigenvalue weighted by atomic mass is 79.9. The Morgan fingerprint density at radius 2 is 2.16 bits per heavy atom. The van der Waals surface area contributed by atoms with Gasteiger partial charge in [0.05, 0.1) is 17.1 Å². The van der Waals surface area contributed by atoms with E-state index in [1.165, 1.54) is 5.56 Å². The third kappa shape index (κ3) is 2.96. The van der Waals surface area contributed by atoms with Crippen molar-refractivity contribution < 1.29 is 4.74 Å². The Bertz CT molecular complexity index is 531. The molecule has 0 spiro atoms. The van der Waals surface area contributed by atoms with Crippen molar-refractivity contribution in [2.75, 3.05) is 18.0 Å². The number of hydrogen-bond donors (Lipinski definition) is 0. The molecule has 2 aromatic rings. The van der Waals surface area contributed by atoms with E-state index in [-0.39, 0.29) is 12.2 Å². The van der Waals surface area contributed by atoms with Gasteiger partial charge in [0.1, 0.15) is 6.10 Å². The molecule has 1 fully saturated rings. The second-order valence-corrected chi connectivity index (χ2v) is 6.29. The van der Waals surface area contributed by atoms with Gasteiger partial charge in [0.25, 0.3) is 0 Å². The van der Waals surface area contributed by atoms with E-state index in [1.54, 1.807) is 23.7 Å². The molecule has 1 aliphatic heterocycles. The maximum absolute atomic E-state index is 6.01. The van der Waals surface area contributed by atoms with E-state index in [0.717, 1.165) is 23.5 Å². The second kappa shape index (κ2) is 5.56. The average molecular weight is 340 g/mol. The molecule has 0 amide bonds. The third-order valence-electron chi connectivity index (χ3n) is 3.06. The van der Waals surface area contributed by atoms with Crippen LogP contribution in [-0.4, -0.2) is 29.2 Å². The van der Waals surface area contributed by atoms with Crippen molar-refractivity contribution in [3.8, 4) is 0 Å². The predicted octanol–water partition coefficient (Wildman–Crippen LogP) is 3.27. The monoisotopic (exact) mass is 339 g/mol. The van der Waals surface area contributed by atoms with Crippen LogP contribution in [0.1, 0.15) is 18.6 Å². The fourth-order valence-corrected chi connectivity index (χ4v) is 3.13. The zero-order valence-electron chi connectivity index (χ0n) is 10.5. The van der Waals surface area contributed by atoms with Gasteiger partial charge in [-0.2, -0.15) is 11.3 Å². The summed E-state index contributed by atoms with van der Waals surface area (Å²) in [6.07, 6.45) is 3.83. The topological polar surface area (TPSA) is 38.2 Å². The molecule has 0 N–H and O–H groups in total. The molecule has 1 aliphatic rings. The summed E-state index contributed by atoms with van der Waals surface area (Å²) in [6, 6.07) is 2.12. The van der Waals surface area contributed by atoms with Crippen LogP contribution in [0, 0.1) is 0 Å². The zero-order chi connectivity index (χ0) is 13.2. The molecule has 3 rings (SSSR count). The van der Waals surface area contributed by atoms with E-state index in [2.05, 4.69) is 54.5 Å². The molecule has 6 heteroatoms. The summed E-state index contributed by atoms with van der Waals surface area (Å²) >= 11 is 5.06. The normalized spacial score (nSPS) is 23.6. The third-order valence-corrected chi connectivity index (χ3v) is 4.18. The number of anilines is 1. The molecule has 100 valence electrons. The van der Waals surface area contributed by atoms with Crippen molar-refractivity contribution in [1.82, 2.24) is 9.97 Å². The molecule has 2 aromatic heterocycles. The molecule has 0 aliphatic carbocycles. The molecule has 19 heavy (non-hydrogen) atoms. The van der Waals surface area contributed by atoms with E-state index in [0.29, 0.717) is 0 Å². The number of hydrogen-bond acceptors (Lipinski definition) is 5. The van der Waals surface area contributed by atoms with Crippen LogP contribution in [0.25, 0.3) is 0 Å². The second-order valence-electron chi connectivity index (χ2n) is 4.60. The van der Waals surface area contributed by atoms with Crippen LogP contribution in [0.5, 0.6) is 0 Å². The molecule has 3 heterocycles. The van der Waals surface area contributed by atoms with E-state index in [1.807, 2.05) is 0 Å². The van der Waals surface area contributed by atoms with E-state index < -0.39 is 0 Å². The fourth-order valence-electron chi connectivity index (χ4n) is 2.23. The van der Waals surface area contributed by atoms with Crippen molar-refractivity contribution in [1.29, 1.82) is 0 Å². The number of ether oxygens (including phenoxy) is 1. The quantitative estimate of drug-likeness (QED) is 0.841. The van der Waals surface area contributed by atoms with Crippen molar-refractivity contribution in [3.63, 3.8) is 0 Å². The highest BCUT2D eigenvalue weighted by Crippen LogP contribution is 2.28. The van der Waals surface area contributed by atoms with Crippen LogP contribution in [-0.2, 0) is 4.74 Å². The zero-order valence-corrected chi connectivity index (χ0v) is 12.9. The molecule has 1 saturated heterocycles. The van der Waals surface area contributed by atoms with E-state index >= 15 is 0 Å². The number of thiophene rings is 1. The summed E-state index contributed by atoms with van der Waals surface area (Å²) in [6.45, 7) is 3.70. The summed E-state index contributed by atoms with van der Waals surface area (Å²) in [5.74, 6) is 0.763. The van der Waals surface area contributed by atoms with Gasteiger partial charge in [0.15, 0.2) is 0 Å². The highest BCUT2D eigenvalue weighted by Gasteiger charge is 2.28. The lowest BCUT2D eigenvalue weighted by Gasteiger charge is -2.36. The predicted molar refractivity (Wildman–Crippen MR) is 79.6 cm³/mol. The molecule has 0 aromatic carbocycles. The first-order chi connectivity index (χ1) is 9.22. The SMILES string of the molecule is CC1CN(c2ncc(Br)cn2)CC(c2ccsc2)O1. The number of nitrogens with zero attached hydrogens (tertiary/aromatic N) is 3. The lowest BCUT2D eigenvalue weighted by Crippen LogP contribution is -2.43. The summed E-state index contributed by atoms with van der Waals surface area (Å²) in [7, 11) is 0. The van der Waals surface area contributed by atoms with Gasteiger partial charge in [-0.15, -0.1) is 0 Å². The number of morpholine rings is 1. The minimum atomic E-state index is 0.0993. The van der Waals surface area contributed by atoms with Crippen LogP contribution >= 0.6 is 27.3 Å². The lowest BCUT2D eigenvalue weighted by atomic mass is 10.1. The minimum absolute atomic E-state index is 0.0993. The highest BCUT2D eigenvalue weighted by molar-refractivity contribution is 9.10. The van der Waals surface area contributed by atoms with Gasteiger partial charge in [-0.25, -0.2) is 9.97 Å². The average Bonchev–Trinajstić information content (AvgIpc) is 2.93. The van der Waals surface area contributed by atoms with Gasteiger partial charge < -0.3 is 9.64 Å². The smallest absolute Gasteiger partial charge is 0.225 e. The van der Waals surface area contributed by atoms with Crippen molar-refractivity contribution >= 4 is 33.2 Å². The molecule has 2 unspecified atom stereocenters. The van der Waals surface area contributed by atoms with Gasteiger partial charge in [-0.3, -0.25) is 0 Å². The van der Waals surface area contributed by atoms with Crippen molar-refractivity contribution in [2.45, 2.75) is 19.1 Å². The Kier molecular flexibility index (Phi) is 3.81. The number of rotatable bonds is 2. The maximum atomic E-state index is 6.01. The summed E-state index contributed by atoms with van der Waals surface area (Å²) < 4.78 is 6.90. The Hall–Kier alpha value is -0.980. The molecular weight excluding hydrogens is 326 g/mol. The fraction of sp³-hybridized carbons (Fsp3) is 0.385. The lowest BCUT2D eigenvalue weighted by molar-refractivity contribution is -0.0176. The van der Waals surface area contributed by atoms with Crippen LogP contribution in [0.2, 0.25) is 0 Å². The van der Waals surface area contributed by atoms with Crippen LogP contribution < -0.4 is 4.90 Å². The Morgan fingerprint density at radius 1 is 1.37 bits per heavy atom. The first-order valence-electron chi connectivity index (χ1n) is 6.12. The van der Waals surface area contributed by atoms with E-state index in [4.69, 9.17) is 4.74 Å². The largest absolute Gasteiger partial charge is 0.367 e. The Labute approximate surface area is 124 Å². The Balaban J connectivity index is 1.80. The molecule has 0 radical (unpaired) electrons. The standard InChI is InChI=1S/C13H14BrN3OS/c1-9-6-17(13-15-4-11(14)5-16-13)7-12(18-9)10-2-3-19-8-10/h2-5,8-9,12H,6-7H2,1H3. The van der Waals surface area contributed by atoms with Gasteiger partial charge in [0.2, 0.25) is 5.95 Å². The first kappa shape index (κ1) is 13.0. The van der Waals surface area contributed by atoms with Crippen LogP contribution in [0.3, 0.4) is 0 Å². The maximum Gasteiger partial charge on any atom is 0.225 e. The number of aromatic nitrogens is 2. The van der Waals surface area contributed by atoms with Crippen molar-refractivity contribution in [3.05, 3.63) is 39.3 Å². The molecule has 4 nitrogen and oxygen atoms in total. The Morgan fingerprint density at radius 3 is 2.84 bits per heavy atom. The van der Waals surface area contributed by atoms with Gasteiger partial charge in [-0.1, -0.05) is 0 Å². The molecule has 2 atom stereocenters.